The zero-order chi connectivity index (χ0) is 15.6. The van der Waals surface area contributed by atoms with E-state index in [4.69, 9.17) is 4.74 Å². The normalized spacial score (nSPS) is 28.9. The molecule has 120 valence electrons. The maximum absolute atomic E-state index is 12.1. The van der Waals surface area contributed by atoms with E-state index in [0.717, 1.165) is 38.1 Å². The lowest BCUT2D eigenvalue weighted by atomic mass is 9.86. The highest BCUT2D eigenvalue weighted by Gasteiger charge is 2.45. The summed E-state index contributed by atoms with van der Waals surface area (Å²) < 4.78 is 5.78. The number of rotatable bonds is 3. The van der Waals surface area contributed by atoms with Crippen molar-refractivity contribution < 1.29 is 14.6 Å². The Kier molecular flexibility index (Phi) is 4.47. The van der Waals surface area contributed by atoms with E-state index in [0.29, 0.717) is 13.1 Å². The van der Waals surface area contributed by atoms with E-state index in [1.165, 1.54) is 5.56 Å². The molecule has 1 aromatic carbocycles. The van der Waals surface area contributed by atoms with Crippen LogP contribution in [-0.4, -0.2) is 53.9 Å². The molecule has 3 rings (SSSR count). The van der Waals surface area contributed by atoms with Gasteiger partial charge in [0.25, 0.3) is 0 Å². The fourth-order valence-electron chi connectivity index (χ4n) is 3.38. The van der Waals surface area contributed by atoms with Gasteiger partial charge in [0.05, 0.1) is 18.2 Å². The first-order chi connectivity index (χ1) is 10.6. The first kappa shape index (κ1) is 15.5. The second-order valence-electron chi connectivity index (χ2n) is 6.43. The Balaban J connectivity index is 1.51. The number of hydrogen-bond acceptors (Lipinski definition) is 4. The smallest absolute Gasteiger partial charge is 0.238 e. The number of aliphatic hydroxyl groups excluding tert-OH is 1. The van der Waals surface area contributed by atoms with E-state index >= 15 is 0 Å². The Hall–Kier alpha value is -1.43. The van der Waals surface area contributed by atoms with Crippen LogP contribution >= 0.6 is 0 Å². The minimum Gasteiger partial charge on any atom is -0.389 e. The monoisotopic (exact) mass is 304 g/mol. The van der Waals surface area contributed by atoms with Crippen molar-refractivity contribution in [2.24, 2.45) is 0 Å². The standard InChI is InChI=1S/C17H24N2O3/c1-13-3-5-14(6-4-13)18-16(21)12-19-9-8-17(15(20)11-19)7-2-10-22-17/h3-6,15,20H,2,7-12H2,1H3,(H,18,21)/t15-,17-/m0/s1. The van der Waals surface area contributed by atoms with Crippen LogP contribution in [0.4, 0.5) is 5.69 Å². The number of likely N-dealkylation sites (tertiary alicyclic amines) is 1. The van der Waals surface area contributed by atoms with Gasteiger partial charge in [-0.3, -0.25) is 9.69 Å². The van der Waals surface area contributed by atoms with Gasteiger partial charge in [-0.2, -0.15) is 0 Å². The Bertz CT molecular complexity index is 523. The lowest BCUT2D eigenvalue weighted by Gasteiger charge is -2.42. The van der Waals surface area contributed by atoms with Crippen molar-refractivity contribution in [3.05, 3.63) is 29.8 Å². The van der Waals surface area contributed by atoms with Gasteiger partial charge in [0, 0.05) is 25.4 Å². The van der Waals surface area contributed by atoms with Crippen LogP contribution in [0.3, 0.4) is 0 Å². The molecular weight excluding hydrogens is 280 g/mol. The number of nitrogens with zero attached hydrogens (tertiary/aromatic N) is 1. The molecule has 0 radical (unpaired) electrons. The van der Waals surface area contributed by atoms with Crippen LogP contribution in [-0.2, 0) is 9.53 Å². The summed E-state index contributed by atoms with van der Waals surface area (Å²) in [6, 6.07) is 7.75. The lowest BCUT2D eigenvalue weighted by Crippen LogP contribution is -2.56. The molecule has 2 aliphatic rings. The van der Waals surface area contributed by atoms with Crippen molar-refractivity contribution in [2.75, 3.05) is 31.6 Å². The van der Waals surface area contributed by atoms with Gasteiger partial charge < -0.3 is 15.2 Å². The summed E-state index contributed by atoms with van der Waals surface area (Å²) in [7, 11) is 0. The summed E-state index contributed by atoms with van der Waals surface area (Å²) >= 11 is 0. The van der Waals surface area contributed by atoms with E-state index in [-0.39, 0.29) is 11.5 Å². The number of benzene rings is 1. The van der Waals surface area contributed by atoms with Gasteiger partial charge in [-0.1, -0.05) is 17.7 Å². The summed E-state index contributed by atoms with van der Waals surface area (Å²) in [6.07, 6.45) is 2.24. The van der Waals surface area contributed by atoms with Crippen LogP contribution in [0, 0.1) is 6.92 Å². The zero-order valence-corrected chi connectivity index (χ0v) is 13.0. The molecule has 1 aromatic rings. The number of amides is 1. The maximum Gasteiger partial charge on any atom is 0.238 e. The van der Waals surface area contributed by atoms with Crippen molar-refractivity contribution in [2.45, 2.75) is 37.9 Å². The van der Waals surface area contributed by atoms with Crippen molar-refractivity contribution in [1.29, 1.82) is 0 Å². The zero-order valence-electron chi connectivity index (χ0n) is 13.0. The lowest BCUT2D eigenvalue weighted by molar-refractivity contribution is -0.135. The Morgan fingerprint density at radius 1 is 1.41 bits per heavy atom. The molecule has 0 saturated carbocycles. The van der Waals surface area contributed by atoms with Gasteiger partial charge >= 0.3 is 0 Å². The second-order valence-corrected chi connectivity index (χ2v) is 6.43. The molecule has 2 saturated heterocycles. The van der Waals surface area contributed by atoms with E-state index in [9.17, 15) is 9.90 Å². The van der Waals surface area contributed by atoms with E-state index < -0.39 is 6.10 Å². The molecule has 1 spiro atoms. The highest BCUT2D eigenvalue weighted by atomic mass is 16.5. The SMILES string of the molecule is Cc1ccc(NC(=O)CN2CC[C@@]3(CCCO3)[C@@H](O)C2)cc1. The topological polar surface area (TPSA) is 61.8 Å². The number of β-amino-alcohol motifs (C(OH)–C–C–N with tert-alkyl or cyclic N) is 1. The Morgan fingerprint density at radius 2 is 2.18 bits per heavy atom. The largest absolute Gasteiger partial charge is 0.389 e. The quantitative estimate of drug-likeness (QED) is 0.889. The van der Waals surface area contributed by atoms with Crippen LogP contribution < -0.4 is 5.32 Å². The van der Waals surface area contributed by atoms with E-state index in [1.807, 2.05) is 36.1 Å². The van der Waals surface area contributed by atoms with Crippen molar-refractivity contribution >= 4 is 11.6 Å². The molecule has 2 N–H and O–H groups in total. The van der Waals surface area contributed by atoms with Crippen LogP contribution in [0.1, 0.15) is 24.8 Å². The number of anilines is 1. The van der Waals surface area contributed by atoms with Gasteiger partial charge in [-0.05, 0) is 38.3 Å². The first-order valence-corrected chi connectivity index (χ1v) is 7.98. The minimum atomic E-state index is -0.504. The number of nitrogens with one attached hydrogen (secondary N) is 1. The van der Waals surface area contributed by atoms with Gasteiger partial charge in [0.2, 0.25) is 5.91 Å². The minimum absolute atomic E-state index is 0.0423. The second kappa shape index (κ2) is 6.36. The summed E-state index contributed by atoms with van der Waals surface area (Å²) in [4.78, 5) is 14.1. The summed E-state index contributed by atoms with van der Waals surface area (Å²) in [6.45, 7) is 4.35. The fraction of sp³-hybridized carbons (Fsp3) is 0.588. The molecule has 2 atom stereocenters. The van der Waals surface area contributed by atoms with Crippen LogP contribution in [0.25, 0.3) is 0 Å². The average Bonchev–Trinajstić information content (AvgIpc) is 2.96. The molecular formula is C17H24N2O3. The summed E-state index contributed by atoms with van der Waals surface area (Å²) in [5, 5.41) is 13.3. The number of carbonyl (C=O) groups is 1. The molecule has 0 bridgehead atoms. The molecule has 0 aromatic heterocycles. The number of aryl methyl sites for hydroxylation is 1. The molecule has 2 fully saturated rings. The van der Waals surface area contributed by atoms with Crippen LogP contribution in [0.5, 0.6) is 0 Å². The summed E-state index contributed by atoms with van der Waals surface area (Å²) in [5.41, 5.74) is 1.62. The van der Waals surface area contributed by atoms with Crippen molar-refractivity contribution in [3.63, 3.8) is 0 Å². The predicted molar refractivity (Wildman–Crippen MR) is 84.8 cm³/mol. The molecule has 0 unspecified atom stereocenters. The van der Waals surface area contributed by atoms with Crippen molar-refractivity contribution in [1.82, 2.24) is 4.90 Å². The summed E-state index contributed by atoms with van der Waals surface area (Å²) in [5.74, 6) is -0.0423. The number of piperidine rings is 1. The van der Waals surface area contributed by atoms with Crippen LogP contribution in [0.15, 0.2) is 24.3 Å². The van der Waals surface area contributed by atoms with Gasteiger partial charge in [-0.15, -0.1) is 0 Å². The Labute approximate surface area is 131 Å². The van der Waals surface area contributed by atoms with Gasteiger partial charge in [0.1, 0.15) is 0 Å². The third-order valence-corrected chi connectivity index (χ3v) is 4.73. The molecule has 22 heavy (non-hydrogen) atoms. The van der Waals surface area contributed by atoms with E-state index in [1.54, 1.807) is 0 Å². The molecule has 5 nitrogen and oxygen atoms in total. The van der Waals surface area contributed by atoms with Crippen molar-refractivity contribution in [3.8, 4) is 0 Å². The Morgan fingerprint density at radius 3 is 2.82 bits per heavy atom. The molecule has 0 aliphatic carbocycles. The number of ether oxygens (including phenoxy) is 1. The highest BCUT2D eigenvalue weighted by Crippen LogP contribution is 2.35. The molecule has 5 heteroatoms. The fourth-order valence-corrected chi connectivity index (χ4v) is 3.38. The number of carbonyl (C=O) groups excluding carboxylic acids is 1. The first-order valence-electron chi connectivity index (χ1n) is 7.98. The number of aliphatic hydroxyl groups is 1. The molecule has 2 heterocycles. The van der Waals surface area contributed by atoms with Crippen LogP contribution in [0.2, 0.25) is 0 Å². The third kappa shape index (κ3) is 3.32. The van der Waals surface area contributed by atoms with E-state index in [2.05, 4.69) is 5.32 Å². The third-order valence-electron chi connectivity index (χ3n) is 4.73. The highest BCUT2D eigenvalue weighted by molar-refractivity contribution is 5.92. The maximum atomic E-state index is 12.1. The molecule has 1 amide bonds. The predicted octanol–water partition coefficient (Wildman–Crippen LogP) is 1.55. The average molecular weight is 304 g/mol. The molecule has 2 aliphatic heterocycles. The van der Waals surface area contributed by atoms with Gasteiger partial charge in [0.15, 0.2) is 0 Å². The number of hydrogen-bond donors (Lipinski definition) is 2. The van der Waals surface area contributed by atoms with Gasteiger partial charge in [-0.25, -0.2) is 0 Å².